The molecule has 0 radical (unpaired) electrons. The number of aliphatic hydroxyl groups is 1. The Kier molecular flexibility index (Phi) is 9.20. The molecule has 0 aliphatic heterocycles. The van der Waals surface area contributed by atoms with Gasteiger partial charge in [-0.2, -0.15) is 0 Å². The van der Waals surface area contributed by atoms with Gasteiger partial charge in [-0.1, -0.05) is 43.7 Å². The molecule has 2 aromatic carbocycles. The van der Waals surface area contributed by atoms with Crippen LogP contribution in [0, 0.1) is 18.6 Å². The highest BCUT2D eigenvalue weighted by Gasteiger charge is 2.06. The van der Waals surface area contributed by atoms with Crippen LogP contribution in [-0.2, 0) is 13.0 Å². The van der Waals surface area contributed by atoms with Gasteiger partial charge in [-0.25, -0.2) is 8.78 Å². The van der Waals surface area contributed by atoms with Crippen molar-refractivity contribution in [2.24, 2.45) is 0 Å². The number of aliphatic hydroxyl groups excluding tert-OH is 1. The quantitative estimate of drug-likeness (QED) is 0.787. The van der Waals surface area contributed by atoms with Crippen LogP contribution in [0.3, 0.4) is 0 Å². The van der Waals surface area contributed by atoms with Gasteiger partial charge in [0, 0.05) is 19.2 Å². The summed E-state index contributed by atoms with van der Waals surface area (Å²) in [6, 6.07) is 11.6. The fourth-order valence-electron chi connectivity index (χ4n) is 2.40. The zero-order valence-corrected chi connectivity index (χ0v) is 14.7. The molecule has 2 N–H and O–H groups in total. The first-order valence-electron chi connectivity index (χ1n) is 8.42. The molecule has 0 amide bonds. The number of nitrogens with one attached hydrogen (secondary N) is 1. The van der Waals surface area contributed by atoms with E-state index in [0.29, 0.717) is 31.5 Å². The predicted octanol–water partition coefficient (Wildman–Crippen LogP) is 4.38. The van der Waals surface area contributed by atoms with Crippen molar-refractivity contribution in [3.05, 3.63) is 70.8 Å². The smallest absolute Gasteiger partial charge is 0.126 e. The Balaban J connectivity index is 0.00000139. The van der Waals surface area contributed by atoms with E-state index < -0.39 is 17.7 Å². The third kappa shape index (κ3) is 7.66. The van der Waals surface area contributed by atoms with Crippen molar-refractivity contribution in [2.75, 3.05) is 6.54 Å². The molecule has 0 saturated carbocycles. The maximum absolute atomic E-state index is 13.1. The molecule has 24 heavy (non-hydrogen) atoms. The van der Waals surface area contributed by atoms with E-state index in [0.717, 1.165) is 6.07 Å². The van der Waals surface area contributed by atoms with Crippen LogP contribution in [-0.4, -0.2) is 17.8 Å². The molecule has 0 fully saturated rings. The molecule has 0 aliphatic rings. The largest absolute Gasteiger partial charge is 0.392 e. The van der Waals surface area contributed by atoms with Crippen LogP contribution >= 0.6 is 0 Å². The van der Waals surface area contributed by atoms with E-state index in [2.05, 4.69) is 11.4 Å². The molecule has 0 heterocycles. The van der Waals surface area contributed by atoms with Crippen molar-refractivity contribution in [3.8, 4) is 0 Å². The van der Waals surface area contributed by atoms with Crippen molar-refractivity contribution in [2.45, 2.75) is 46.3 Å². The molecular weight excluding hydrogens is 308 g/mol. The van der Waals surface area contributed by atoms with Gasteiger partial charge in [-0.3, -0.25) is 0 Å². The topological polar surface area (TPSA) is 32.3 Å². The lowest BCUT2D eigenvalue weighted by Crippen LogP contribution is -2.26. The van der Waals surface area contributed by atoms with Gasteiger partial charge in [-0.05, 0) is 43.0 Å². The number of aryl methyl sites for hydroxylation is 2. The lowest BCUT2D eigenvalue weighted by atomic mass is 10.1. The van der Waals surface area contributed by atoms with Crippen molar-refractivity contribution < 1.29 is 13.9 Å². The fraction of sp³-hybridized carbons (Fsp3) is 0.400. The highest BCUT2D eigenvalue weighted by molar-refractivity contribution is 5.22. The summed E-state index contributed by atoms with van der Waals surface area (Å²) in [5.74, 6) is -1.16. The van der Waals surface area contributed by atoms with Crippen LogP contribution < -0.4 is 5.32 Å². The molecule has 132 valence electrons. The van der Waals surface area contributed by atoms with E-state index >= 15 is 0 Å². The summed E-state index contributed by atoms with van der Waals surface area (Å²) in [4.78, 5) is 0. The second-order valence-corrected chi connectivity index (χ2v) is 5.59. The molecule has 0 saturated heterocycles. The molecule has 1 unspecified atom stereocenters. The van der Waals surface area contributed by atoms with E-state index in [4.69, 9.17) is 0 Å². The summed E-state index contributed by atoms with van der Waals surface area (Å²) in [5.41, 5.74) is 2.93. The maximum atomic E-state index is 13.1. The highest BCUT2D eigenvalue weighted by Crippen LogP contribution is 2.11. The summed E-state index contributed by atoms with van der Waals surface area (Å²) in [6.07, 6.45) is 0.363. The minimum Gasteiger partial charge on any atom is -0.392 e. The first-order valence-corrected chi connectivity index (χ1v) is 8.42. The Hall–Kier alpha value is -1.78. The second kappa shape index (κ2) is 10.9. The van der Waals surface area contributed by atoms with Gasteiger partial charge >= 0.3 is 0 Å². The van der Waals surface area contributed by atoms with Crippen molar-refractivity contribution in [3.63, 3.8) is 0 Å². The molecule has 0 spiro atoms. The Labute approximate surface area is 143 Å². The normalized spacial score (nSPS) is 11.6. The van der Waals surface area contributed by atoms with Gasteiger partial charge < -0.3 is 10.4 Å². The number of halogens is 2. The number of hydrogen-bond acceptors (Lipinski definition) is 2. The number of rotatable bonds is 7. The van der Waals surface area contributed by atoms with E-state index in [1.54, 1.807) is 0 Å². The number of hydrogen-bond donors (Lipinski definition) is 2. The van der Waals surface area contributed by atoms with Crippen LogP contribution in [0.5, 0.6) is 0 Å². The molecule has 2 nitrogen and oxygen atoms in total. The summed E-state index contributed by atoms with van der Waals surface area (Å²) in [5, 5.41) is 13.1. The Morgan fingerprint density at radius 3 is 2.29 bits per heavy atom. The van der Waals surface area contributed by atoms with E-state index in [9.17, 15) is 13.9 Å². The van der Waals surface area contributed by atoms with Gasteiger partial charge in [0.05, 0.1) is 6.10 Å². The van der Waals surface area contributed by atoms with Crippen molar-refractivity contribution in [1.29, 1.82) is 0 Å². The van der Waals surface area contributed by atoms with Crippen LogP contribution in [0.4, 0.5) is 8.78 Å². The van der Waals surface area contributed by atoms with Crippen molar-refractivity contribution in [1.82, 2.24) is 5.32 Å². The van der Waals surface area contributed by atoms with E-state index in [-0.39, 0.29) is 0 Å². The van der Waals surface area contributed by atoms with Gasteiger partial charge in [0.1, 0.15) is 11.6 Å². The zero-order chi connectivity index (χ0) is 17.9. The van der Waals surface area contributed by atoms with E-state index in [1.807, 2.05) is 39.0 Å². The predicted molar refractivity (Wildman–Crippen MR) is 94.9 cm³/mol. The van der Waals surface area contributed by atoms with Gasteiger partial charge in [0.2, 0.25) is 0 Å². The average molecular weight is 335 g/mol. The third-order valence-electron chi connectivity index (χ3n) is 3.48. The minimum atomic E-state index is -0.581. The standard InChI is InChI=1S/C18H21F2NO.C2H6/c1-13-3-2-4-15(7-13)11-21-12-18(22)6-5-14-8-16(19)10-17(20)9-14;1-2/h2-4,7-10,18,21-22H,5-6,11-12H2,1H3;1-2H3. The van der Waals surface area contributed by atoms with Gasteiger partial charge in [0.25, 0.3) is 0 Å². The molecule has 2 rings (SSSR count). The molecular formula is C20H27F2NO. The Bertz CT molecular complexity index is 596. The summed E-state index contributed by atoms with van der Waals surface area (Å²) >= 11 is 0. The molecule has 4 heteroatoms. The summed E-state index contributed by atoms with van der Waals surface area (Å²) < 4.78 is 26.1. The number of benzene rings is 2. The molecule has 0 bridgehead atoms. The van der Waals surface area contributed by atoms with Crippen LogP contribution in [0.2, 0.25) is 0 Å². The van der Waals surface area contributed by atoms with Crippen molar-refractivity contribution >= 4 is 0 Å². The monoisotopic (exact) mass is 335 g/mol. The SMILES string of the molecule is CC.Cc1cccc(CNCC(O)CCc2cc(F)cc(F)c2)c1. The van der Waals surface area contributed by atoms with Crippen LogP contribution in [0.1, 0.15) is 37.0 Å². The minimum absolute atomic E-state index is 0.446. The molecule has 0 aromatic heterocycles. The summed E-state index contributed by atoms with van der Waals surface area (Å²) in [6.45, 7) is 7.18. The van der Waals surface area contributed by atoms with Gasteiger partial charge in [0.15, 0.2) is 0 Å². The van der Waals surface area contributed by atoms with E-state index in [1.165, 1.54) is 23.3 Å². The molecule has 1 atom stereocenters. The average Bonchev–Trinajstić information content (AvgIpc) is 2.54. The second-order valence-electron chi connectivity index (χ2n) is 5.59. The highest BCUT2D eigenvalue weighted by atomic mass is 19.1. The molecule has 2 aromatic rings. The summed E-state index contributed by atoms with van der Waals surface area (Å²) in [7, 11) is 0. The third-order valence-corrected chi connectivity index (χ3v) is 3.48. The lowest BCUT2D eigenvalue weighted by molar-refractivity contribution is 0.161. The Morgan fingerprint density at radius 1 is 1.00 bits per heavy atom. The first kappa shape index (κ1) is 20.3. The van der Waals surface area contributed by atoms with Gasteiger partial charge in [-0.15, -0.1) is 0 Å². The lowest BCUT2D eigenvalue weighted by Gasteiger charge is -2.12. The van der Waals surface area contributed by atoms with Crippen LogP contribution in [0.15, 0.2) is 42.5 Å². The Morgan fingerprint density at radius 2 is 1.67 bits per heavy atom. The maximum Gasteiger partial charge on any atom is 0.126 e. The zero-order valence-electron chi connectivity index (χ0n) is 14.7. The molecule has 0 aliphatic carbocycles. The van der Waals surface area contributed by atoms with Crippen LogP contribution in [0.25, 0.3) is 0 Å². The first-order chi connectivity index (χ1) is 11.5. The fourth-order valence-corrected chi connectivity index (χ4v) is 2.40.